The number of phenols is 5. The van der Waals surface area contributed by atoms with E-state index in [-0.39, 0.29) is 95.3 Å². The van der Waals surface area contributed by atoms with Crippen LogP contribution in [0.1, 0.15) is 71.7 Å². The molecule has 9 nitrogen and oxygen atoms in total. The summed E-state index contributed by atoms with van der Waals surface area (Å²) in [6, 6.07) is 13.3. The number of carbonyl (C=O) groups excluding carboxylic acids is 3. The highest BCUT2D eigenvalue weighted by atomic mass is 16.6. The Morgan fingerprint density at radius 1 is 0.644 bits per heavy atom. The number of hydrogen-bond donors (Lipinski definition) is 5. The molecule has 4 aliphatic rings. The van der Waals surface area contributed by atoms with E-state index >= 15 is 0 Å². The first-order valence-corrected chi connectivity index (χ1v) is 14.3. The molecule has 5 aromatic rings. The topological polar surface area (TPSA) is 165 Å². The number of Topliss-reactive ketones (excluding diaryl/α,β-unsaturated/α-hetero) is 1. The van der Waals surface area contributed by atoms with Crippen molar-refractivity contribution in [1.29, 1.82) is 0 Å². The number of aromatic hydroxyl groups is 5. The van der Waals surface area contributed by atoms with Gasteiger partial charge in [0.2, 0.25) is 0 Å². The van der Waals surface area contributed by atoms with Crippen molar-refractivity contribution in [2.75, 3.05) is 0 Å². The second-order valence-electron chi connectivity index (χ2n) is 12.3. The molecule has 45 heavy (non-hydrogen) atoms. The Bertz CT molecular complexity index is 2350. The molecule has 0 radical (unpaired) electrons. The molecule has 9 rings (SSSR count). The van der Waals surface area contributed by atoms with E-state index in [9.17, 15) is 39.9 Å². The van der Waals surface area contributed by atoms with Crippen LogP contribution in [0.25, 0.3) is 33.0 Å². The van der Waals surface area contributed by atoms with Gasteiger partial charge in [-0.3, -0.25) is 14.4 Å². The van der Waals surface area contributed by atoms with Crippen LogP contribution in [0.3, 0.4) is 0 Å². The minimum absolute atomic E-state index is 0.00153. The Hall–Kier alpha value is -5.67. The van der Waals surface area contributed by atoms with Crippen molar-refractivity contribution in [3.05, 3.63) is 99.1 Å². The number of ketones is 3. The monoisotopic (exact) mass is 598 g/mol. The molecule has 0 spiro atoms. The summed E-state index contributed by atoms with van der Waals surface area (Å²) in [6.45, 7) is 3.34. The lowest BCUT2D eigenvalue weighted by Crippen LogP contribution is -2.35. The van der Waals surface area contributed by atoms with Crippen molar-refractivity contribution in [3.63, 3.8) is 0 Å². The van der Waals surface area contributed by atoms with Gasteiger partial charge in [-0.1, -0.05) is 30.3 Å². The third kappa shape index (κ3) is 2.85. The van der Waals surface area contributed by atoms with E-state index in [1.54, 1.807) is 19.9 Å². The fourth-order valence-corrected chi connectivity index (χ4v) is 7.98. The fourth-order valence-electron chi connectivity index (χ4n) is 7.98. The molecule has 1 heterocycles. The number of epoxide rings is 1. The standard InChI is InChI=1S/C36H22O9/c1-12-9-15-23(19(39)10-12)27-28(22-14(31(27)41)6-4-8-18(22)38)33(43)25(15)30-24-16(34(44)36(2)35(30)45-36)11-20(40)26-21-13(32(42)29(24)26)5-3-7-17(21)37/h3-11,30,35,37-40,43H,1-2H3. The molecular formula is C36H22O9. The van der Waals surface area contributed by atoms with E-state index in [0.29, 0.717) is 10.9 Å². The average Bonchev–Trinajstić information content (AvgIpc) is 3.47. The number of hydrogen-bond acceptors (Lipinski definition) is 9. The number of ether oxygens (including phenoxy) is 1. The zero-order valence-electron chi connectivity index (χ0n) is 23.7. The molecular weight excluding hydrogens is 576 g/mol. The minimum Gasteiger partial charge on any atom is -0.507 e. The van der Waals surface area contributed by atoms with Crippen molar-refractivity contribution in [3.8, 4) is 51.0 Å². The van der Waals surface area contributed by atoms with Gasteiger partial charge in [0.1, 0.15) is 34.9 Å². The van der Waals surface area contributed by atoms with Crippen LogP contribution in [0.5, 0.6) is 28.7 Å². The molecule has 1 saturated heterocycles. The average molecular weight is 599 g/mol. The maximum absolute atomic E-state index is 14.1. The Labute approximate surface area is 254 Å². The molecule has 5 aromatic carbocycles. The maximum Gasteiger partial charge on any atom is 0.197 e. The smallest absolute Gasteiger partial charge is 0.197 e. The lowest BCUT2D eigenvalue weighted by Gasteiger charge is -2.30. The molecule has 0 saturated carbocycles. The molecule has 1 aliphatic heterocycles. The molecule has 3 unspecified atom stereocenters. The van der Waals surface area contributed by atoms with Crippen LogP contribution in [0, 0.1) is 6.92 Å². The summed E-state index contributed by atoms with van der Waals surface area (Å²) in [5.74, 6) is -3.89. The van der Waals surface area contributed by atoms with Gasteiger partial charge in [0, 0.05) is 66.9 Å². The van der Waals surface area contributed by atoms with Crippen LogP contribution in [0.15, 0.2) is 54.6 Å². The van der Waals surface area contributed by atoms with Crippen LogP contribution in [0.2, 0.25) is 0 Å². The Morgan fingerprint density at radius 3 is 1.93 bits per heavy atom. The predicted molar refractivity (Wildman–Crippen MR) is 161 cm³/mol. The zero-order chi connectivity index (χ0) is 31.4. The number of rotatable bonds is 1. The summed E-state index contributed by atoms with van der Waals surface area (Å²) < 4.78 is 6.08. The lowest BCUT2D eigenvalue weighted by molar-refractivity contribution is 0.0886. The van der Waals surface area contributed by atoms with Gasteiger partial charge in [-0.25, -0.2) is 0 Å². The Balaban J connectivity index is 1.46. The third-order valence-electron chi connectivity index (χ3n) is 9.90. The SMILES string of the molecule is Cc1cc(O)c2c3c(c(O)c(C4c5c(cc(O)c6c5C(=O)c5cccc(O)c5-6)C(=O)C5(C)OC45)c2c1)-c1c(O)cccc1C3=O. The van der Waals surface area contributed by atoms with E-state index < -0.39 is 35.0 Å². The van der Waals surface area contributed by atoms with Gasteiger partial charge < -0.3 is 30.3 Å². The van der Waals surface area contributed by atoms with E-state index in [1.165, 1.54) is 48.5 Å². The van der Waals surface area contributed by atoms with Gasteiger partial charge >= 0.3 is 0 Å². The third-order valence-corrected chi connectivity index (χ3v) is 9.90. The van der Waals surface area contributed by atoms with Crippen LogP contribution < -0.4 is 0 Å². The van der Waals surface area contributed by atoms with Crippen LogP contribution in [-0.2, 0) is 4.74 Å². The molecule has 3 aliphatic carbocycles. The second kappa shape index (κ2) is 7.88. The van der Waals surface area contributed by atoms with Crippen molar-refractivity contribution in [2.45, 2.75) is 31.5 Å². The lowest BCUT2D eigenvalue weighted by atomic mass is 9.69. The van der Waals surface area contributed by atoms with Gasteiger partial charge in [-0.05, 0) is 54.6 Å². The van der Waals surface area contributed by atoms with E-state index in [0.717, 1.165) is 0 Å². The van der Waals surface area contributed by atoms with E-state index in [4.69, 9.17) is 4.74 Å². The largest absolute Gasteiger partial charge is 0.507 e. The van der Waals surface area contributed by atoms with Crippen molar-refractivity contribution in [2.24, 2.45) is 0 Å². The number of fused-ring (bicyclic) bond motifs is 11. The number of aryl methyl sites for hydroxylation is 1. The first-order chi connectivity index (χ1) is 21.5. The maximum atomic E-state index is 14.1. The summed E-state index contributed by atoms with van der Waals surface area (Å²) in [5, 5.41) is 57.0. The van der Waals surface area contributed by atoms with Gasteiger partial charge in [-0.2, -0.15) is 0 Å². The van der Waals surface area contributed by atoms with Gasteiger partial charge in [0.25, 0.3) is 0 Å². The van der Waals surface area contributed by atoms with Crippen LogP contribution >= 0.6 is 0 Å². The Kier molecular flexibility index (Phi) is 4.52. The van der Waals surface area contributed by atoms with Crippen molar-refractivity contribution < 1.29 is 44.7 Å². The van der Waals surface area contributed by atoms with Gasteiger partial charge in [-0.15, -0.1) is 0 Å². The second-order valence-corrected chi connectivity index (χ2v) is 12.3. The van der Waals surface area contributed by atoms with Crippen molar-refractivity contribution in [1.82, 2.24) is 0 Å². The van der Waals surface area contributed by atoms with Gasteiger partial charge in [0.05, 0.1) is 0 Å². The van der Waals surface area contributed by atoms with Crippen LogP contribution in [0.4, 0.5) is 0 Å². The summed E-state index contributed by atoms with van der Waals surface area (Å²) >= 11 is 0. The van der Waals surface area contributed by atoms with E-state index in [2.05, 4.69) is 0 Å². The van der Waals surface area contributed by atoms with E-state index in [1.807, 2.05) is 0 Å². The summed E-state index contributed by atoms with van der Waals surface area (Å²) in [5.41, 5.74) is 0.330. The van der Waals surface area contributed by atoms with Crippen molar-refractivity contribution >= 4 is 28.1 Å². The first-order valence-electron chi connectivity index (χ1n) is 14.3. The quantitative estimate of drug-likeness (QED) is 0.152. The number of phenolic OH excluding ortho intramolecular Hbond substituents is 5. The normalized spacial score (nSPS) is 21.7. The molecule has 0 aromatic heterocycles. The minimum atomic E-state index is -1.35. The highest BCUT2D eigenvalue weighted by Gasteiger charge is 2.67. The summed E-state index contributed by atoms with van der Waals surface area (Å²) in [4.78, 5) is 41.8. The molecule has 9 heteroatoms. The molecule has 0 amide bonds. The van der Waals surface area contributed by atoms with Crippen LogP contribution in [-0.4, -0.2) is 54.6 Å². The fraction of sp³-hybridized carbons (Fsp3) is 0.139. The molecule has 1 fully saturated rings. The molecule has 5 N–H and O–H groups in total. The molecule has 0 bridgehead atoms. The first kappa shape index (κ1) is 25.8. The predicted octanol–water partition coefficient (Wildman–Crippen LogP) is 5.58. The number of benzene rings is 5. The zero-order valence-corrected chi connectivity index (χ0v) is 23.7. The molecule has 3 atom stereocenters. The summed E-state index contributed by atoms with van der Waals surface area (Å²) in [7, 11) is 0. The van der Waals surface area contributed by atoms with Gasteiger partial charge in [0.15, 0.2) is 23.0 Å². The highest BCUT2D eigenvalue weighted by molar-refractivity contribution is 6.31. The Morgan fingerprint density at radius 2 is 1.27 bits per heavy atom. The molecule has 220 valence electrons. The number of carbonyl (C=O) groups is 3. The summed E-state index contributed by atoms with van der Waals surface area (Å²) in [6.07, 6.45) is -0.869. The highest BCUT2D eigenvalue weighted by Crippen LogP contribution is 2.63.